The molecule has 0 amide bonds. The molecule has 0 fully saturated rings. The SMILES string of the molecule is CS[C@H]1C=C[C@@H](n2cnc3c(N)ncnc32)C1. The summed E-state index contributed by atoms with van der Waals surface area (Å²) in [7, 11) is 0. The van der Waals surface area contributed by atoms with Gasteiger partial charge in [0, 0.05) is 5.25 Å². The monoisotopic (exact) mass is 247 g/mol. The van der Waals surface area contributed by atoms with Crippen LogP contribution < -0.4 is 5.73 Å². The van der Waals surface area contributed by atoms with E-state index in [1.54, 1.807) is 6.33 Å². The number of allylic oxidation sites excluding steroid dienone is 1. The van der Waals surface area contributed by atoms with Crippen molar-refractivity contribution in [3.8, 4) is 0 Å². The molecule has 0 aliphatic heterocycles. The van der Waals surface area contributed by atoms with Gasteiger partial charge < -0.3 is 10.3 Å². The van der Waals surface area contributed by atoms with Crippen LogP contribution in [0, 0.1) is 0 Å². The molecule has 5 nitrogen and oxygen atoms in total. The molecule has 0 aromatic carbocycles. The highest BCUT2D eigenvalue weighted by Gasteiger charge is 2.21. The zero-order valence-electron chi connectivity index (χ0n) is 9.45. The van der Waals surface area contributed by atoms with Gasteiger partial charge in [-0.3, -0.25) is 0 Å². The third-order valence-corrected chi connectivity index (χ3v) is 4.02. The average Bonchev–Trinajstić information content (AvgIpc) is 2.94. The van der Waals surface area contributed by atoms with Gasteiger partial charge in [-0.05, 0) is 12.7 Å². The predicted octanol–water partition coefficient (Wildman–Crippen LogP) is 1.64. The predicted molar refractivity (Wildman–Crippen MR) is 69.8 cm³/mol. The second kappa shape index (κ2) is 4.03. The number of imidazole rings is 1. The third kappa shape index (κ3) is 1.68. The number of nitrogens with zero attached hydrogens (tertiary/aromatic N) is 4. The Kier molecular flexibility index (Phi) is 2.51. The van der Waals surface area contributed by atoms with E-state index in [1.165, 1.54) is 6.33 Å². The number of nitrogens with two attached hydrogens (primary N) is 1. The number of fused-ring (bicyclic) bond motifs is 1. The molecule has 0 bridgehead atoms. The lowest BCUT2D eigenvalue weighted by Gasteiger charge is -2.12. The van der Waals surface area contributed by atoms with Crippen molar-refractivity contribution in [2.75, 3.05) is 12.0 Å². The van der Waals surface area contributed by atoms with E-state index in [9.17, 15) is 0 Å². The minimum atomic E-state index is 0.326. The second-order valence-corrected chi connectivity index (χ2v) is 5.12. The number of aromatic nitrogens is 4. The van der Waals surface area contributed by atoms with Crippen LogP contribution in [-0.2, 0) is 0 Å². The van der Waals surface area contributed by atoms with E-state index in [0.29, 0.717) is 22.6 Å². The standard InChI is InChI=1S/C11H13N5S/c1-17-8-3-2-7(4-8)16-6-15-9-10(12)13-5-14-11(9)16/h2-3,5-8H,4H2,1H3,(H2,12,13,14)/t7-,8+/m1/s1. The molecule has 17 heavy (non-hydrogen) atoms. The van der Waals surface area contributed by atoms with Crippen molar-refractivity contribution < 1.29 is 0 Å². The molecule has 1 aliphatic rings. The number of rotatable bonds is 2. The maximum atomic E-state index is 5.77. The molecule has 0 saturated heterocycles. The minimum Gasteiger partial charge on any atom is -0.382 e. The molecule has 2 aromatic heterocycles. The number of anilines is 1. The summed E-state index contributed by atoms with van der Waals surface area (Å²) in [5.41, 5.74) is 7.27. The highest BCUT2D eigenvalue weighted by molar-refractivity contribution is 7.99. The summed E-state index contributed by atoms with van der Waals surface area (Å²) in [6.45, 7) is 0. The van der Waals surface area contributed by atoms with Crippen LogP contribution in [0.25, 0.3) is 11.2 Å². The summed E-state index contributed by atoms with van der Waals surface area (Å²) < 4.78 is 2.07. The van der Waals surface area contributed by atoms with Gasteiger partial charge in [0.1, 0.15) is 11.8 Å². The first-order valence-electron chi connectivity index (χ1n) is 5.43. The zero-order valence-corrected chi connectivity index (χ0v) is 10.3. The van der Waals surface area contributed by atoms with Gasteiger partial charge in [-0.15, -0.1) is 0 Å². The van der Waals surface area contributed by atoms with E-state index in [-0.39, 0.29) is 0 Å². The van der Waals surface area contributed by atoms with Crippen LogP contribution in [0.3, 0.4) is 0 Å². The van der Waals surface area contributed by atoms with E-state index >= 15 is 0 Å². The Morgan fingerprint density at radius 2 is 2.24 bits per heavy atom. The van der Waals surface area contributed by atoms with Crippen LogP contribution in [0.5, 0.6) is 0 Å². The summed E-state index contributed by atoms with van der Waals surface area (Å²) in [5.74, 6) is 0.442. The van der Waals surface area contributed by atoms with Gasteiger partial charge >= 0.3 is 0 Å². The van der Waals surface area contributed by atoms with Gasteiger partial charge in [0.25, 0.3) is 0 Å². The molecule has 2 aromatic rings. The second-order valence-electron chi connectivity index (χ2n) is 4.05. The number of hydrogen-bond acceptors (Lipinski definition) is 5. The Hall–Kier alpha value is -1.56. The van der Waals surface area contributed by atoms with Crippen LogP contribution in [-0.4, -0.2) is 31.0 Å². The smallest absolute Gasteiger partial charge is 0.165 e. The molecule has 0 radical (unpaired) electrons. The Bertz CT molecular complexity index is 576. The lowest BCUT2D eigenvalue weighted by Crippen LogP contribution is -2.06. The van der Waals surface area contributed by atoms with Gasteiger partial charge in [-0.2, -0.15) is 11.8 Å². The van der Waals surface area contributed by atoms with Gasteiger partial charge in [-0.25, -0.2) is 15.0 Å². The highest BCUT2D eigenvalue weighted by atomic mass is 32.2. The lowest BCUT2D eigenvalue weighted by atomic mass is 10.2. The first kappa shape index (κ1) is 10.6. The Balaban J connectivity index is 2.02. The van der Waals surface area contributed by atoms with E-state index < -0.39 is 0 Å². The summed E-state index contributed by atoms with van der Waals surface area (Å²) in [6, 6.07) is 0.326. The molecule has 0 saturated carbocycles. The highest BCUT2D eigenvalue weighted by Crippen LogP contribution is 2.31. The molecule has 0 spiro atoms. The van der Waals surface area contributed by atoms with Crippen molar-refractivity contribution in [1.82, 2.24) is 19.5 Å². The van der Waals surface area contributed by atoms with E-state index in [2.05, 4.69) is 37.9 Å². The van der Waals surface area contributed by atoms with Crippen LogP contribution in [0.2, 0.25) is 0 Å². The van der Waals surface area contributed by atoms with Crippen molar-refractivity contribution in [2.24, 2.45) is 0 Å². The normalized spacial score (nSPS) is 23.6. The van der Waals surface area contributed by atoms with Gasteiger partial charge in [0.15, 0.2) is 11.5 Å². The van der Waals surface area contributed by atoms with Gasteiger partial charge in [0.2, 0.25) is 0 Å². The molecule has 88 valence electrons. The summed E-state index contributed by atoms with van der Waals surface area (Å²) in [4.78, 5) is 12.5. The van der Waals surface area contributed by atoms with Crippen molar-refractivity contribution in [2.45, 2.75) is 17.7 Å². The third-order valence-electron chi connectivity index (χ3n) is 3.07. The lowest BCUT2D eigenvalue weighted by molar-refractivity contribution is 0.606. The first-order valence-corrected chi connectivity index (χ1v) is 6.72. The van der Waals surface area contributed by atoms with Crippen LogP contribution in [0.4, 0.5) is 5.82 Å². The largest absolute Gasteiger partial charge is 0.382 e. The van der Waals surface area contributed by atoms with E-state index in [1.807, 2.05) is 11.8 Å². The molecule has 1 aliphatic carbocycles. The molecule has 6 heteroatoms. The van der Waals surface area contributed by atoms with Crippen LogP contribution >= 0.6 is 11.8 Å². The number of thioether (sulfide) groups is 1. The molecular formula is C11H13N5S. The van der Waals surface area contributed by atoms with E-state index in [4.69, 9.17) is 5.73 Å². The van der Waals surface area contributed by atoms with Crippen LogP contribution in [0.1, 0.15) is 12.5 Å². The Morgan fingerprint density at radius 3 is 3.00 bits per heavy atom. The maximum absolute atomic E-state index is 5.77. The topological polar surface area (TPSA) is 69.6 Å². The van der Waals surface area contributed by atoms with Crippen LogP contribution in [0.15, 0.2) is 24.8 Å². The molecule has 2 N–H and O–H groups in total. The first-order chi connectivity index (χ1) is 8.29. The number of hydrogen-bond donors (Lipinski definition) is 1. The maximum Gasteiger partial charge on any atom is 0.165 e. The fourth-order valence-electron chi connectivity index (χ4n) is 2.14. The van der Waals surface area contributed by atoms with E-state index in [0.717, 1.165) is 12.1 Å². The Labute approximate surface area is 103 Å². The minimum absolute atomic E-state index is 0.326. The summed E-state index contributed by atoms with van der Waals surface area (Å²) >= 11 is 1.86. The average molecular weight is 247 g/mol. The van der Waals surface area contributed by atoms with Crippen molar-refractivity contribution in [3.63, 3.8) is 0 Å². The number of nitrogen functional groups attached to an aromatic ring is 1. The van der Waals surface area contributed by atoms with Gasteiger partial charge in [-0.1, -0.05) is 12.2 Å². The molecular weight excluding hydrogens is 234 g/mol. The Morgan fingerprint density at radius 1 is 1.35 bits per heavy atom. The molecule has 2 heterocycles. The summed E-state index contributed by atoms with van der Waals surface area (Å²) in [6.07, 6.45) is 10.9. The fourth-order valence-corrected chi connectivity index (χ4v) is 2.78. The zero-order chi connectivity index (χ0) is 11.8. The molecule has 0 unspecified atom stereocenters. The summed E-state index contributed by atoms with van der Waals surface area (Å²) in [5, 5.41) is 0.580. The van der Waals surface area contributed by atoms with Gasteiger partial charge in [0.05, 0.1) is 12.4 Å². The molecule has 3 rings (SSSR count). The molecule has 2 atom stereocenters. The van der Waals surface area contributed by atoms with Crippen molar-refractivity contribution in [3.05, 3.63) is 24.8 Å². The van der Waals surface area contributed by atoms with Crippen molar-refractivity contribution >= 4 is 28.7 Å². The fraction of sp³-hybridized carbons (Fsp3) is 0.364. The van der Waals surface area contributed by atoms with Crippen molar-refractivity contribution in [1.29, 1.82) is 0 Å². The quantitative estimate of drug-likeness (QED) is 0.817.